The van der Waals surface area contributed by atoms with Gasteiger partial charge in [0.1, 0.15) is 1.41 Å². The first-order valence-corrected chi connectivity index (χ1v) is 8.67. The summed E-state index contributed by atoms with van der Waals surface area (Å²) in [6.45, 7) is 0. The average molecular weight is 273 g/mol. The fraction of sp³-hybridized carbons (Fsp3) is 0. The van der Waals surface area contributed by atoms with Crippen LogP contribution in [-0.4, -0.2) is 0 Å². The van der Waals surface area contributed by atoms with E-state index >= 15 is 0 Å². The summed E-state index contributed by atoms with van der Waals surface area (Å²) in [5, 5.41) is 0. The molecule has 0 saturated heterocycles. The molecule has 0 aromatic carbocycles. The summed E-state index contributed by atoms with van der Waals surface area (Å²) in [7, 11) is 5.81. The molecule has 0 aliphatic rings. The van der Waals surface area contributed by atoms with E-state index in [-0.39, 0.29) is 7.45 Å². The SMILES string of the molecule is [3H]N(I)P(P)PP. The van der Waals surface area contributed by atoms with Gasteiger partial charge in [0, 0.05) is 30.3 Å². The zero-order valence-corrected chi connectivity index (χ0v) is 9.29. The summed E-state index contributed by atoms with van der Waals surface area (Å²) in [5.74, 6) is 0. The Hall–Kier alpha value is 2.41. The van der Waals surface area contributed by atoms with Crippen molar-refractivity contribution in [2.24, 2.45) is 0 Å². The van der Waals surface area contributed by atoms with Crippen LogP contribution in [0.4, 0.5) is 0 Å². The number of nitrogens with one attached hydrogen (secondary N) is 1. The highest BCUT2D eigenvalue weighted by Crippen LogP contribution is 2.63. The summed E-state index contributed by atoms with van der Waals surface area (Å²) in [5.41, 5.74) is 0. The van der Waals surface area contributed by atoms with E-state index in [1.807, 2.05) is 22.9 Å². The van der Waals surface area contributed by atoms with Crippen LogP contribution < -0.4 is 3.29 Å². The molecule has 0 fully saturated rings. The second kappa shape index (κ2) is 5.54. The third-order valence-corrected chi connectivity index (χ3v) is 12.5. The van der Waals surface area contributed by atoms with Gasteiger partial charge in [0.2, 0.25) is 0 Å². The first-order valence-electron chi connectivity index (χ1n) is 1.59. The van der Waals surface area contributed by atoms with E-state index in [9.17, 15) is 0 Å². The van der Waals surface area contributed by atoms with Crippen LogP contribution >= 0.6 is 56.1 Å². The molecule has 0 amide bonds. The van der Waals surface area contributed by atoms with Crippen LogP contribution in [0.15, 0.2) is 0 Å². The monoisotopic (exact) mass is 273 g/mol. The Kier molecular flexibility index (Phi) is 6.03. The predicted molar refractivity (Wildman–Crippen MR) is 51.8 cm³/mol. The van der Waals surface area contributed by atoms with Crippen molar-refractivity contribution in [1.82, 2.24) is 3.29 Å². The van der Waals surface area contributed by atoms with Gasteiger partial charge in [-0.1, -0.05) is 16.9 Å². The Morgan fingerprint density at radius 2 is 2.67 bits per heavy atom. The molecule has 1 nitrogen and oxygen atoms in total. The molecule has 6 heteroatoms. The zero-order chi connectivity index (χ0) is 5.86. The van der Waals surface area contributed by atoms with Crippen molar-refractivity contribution >= 4 is 56.1 Å². The van der Waals surface area contributed by atoms with Crippen LogP contribution in [0.5, 0.6) is 0 Å². The summed E-state index contributed by atoms with van der Waals surface area (Å²) in [6.07, 6.45) is 0. The van der Waals surface area contributed by atoms with Gasteiger partial charge in [-0.25, -0.2) is 3.29 Å². The van der Waals surface area contributed by atoms with Gasteiger partial charge in [0.05, 0.1) is 0 Å². The number of hydrogen-bond acceptors (Lipinski definition) is 1. The van der Waals surface area contributed by atoms with Gasteiger partial charge in [-0.2, -0.15) is 0 Å². The number of rotatable bonds is 2. The summed E-state index contributed by atoms with van der Waals surface area (Å²) in [4.78, 5) is 0. The van der Waals surface area contributed by atoms with Crippen LogP contribution in [0.2, 0.25) is 1.41 Å². The minimum Gasteiger partial charge on any atom is -0.231 e. The maximum atomic E-state index is 7.01. The molecule has 0 aromatic heterocycles. The molecule has 0 aromatic rings. The second-order valence-electron chi connectivity index (χ2n) is 0.549. The first-order chi connectivity index (χ1) is 3.18. The average Bonchev–Trinajstić information content (AvgIpc) is 1.65. The van der Waals surface area contributed by atoms with Crippen LogP contribution in [0.1, 0.15) is 0 Å². The minimum atomic E-state index is -0.243. The summed E-state index contributed by atoms with van der Waals surface area (Å²) in [6, 6.07) is 0. The Morgan fingerprint density at radius 1 is 2.17 bits per heavy atom. The van der Waals surface area contributed by atoms with E-state index in [1.165, 1.54) is 3.29 Å². The van der Waals surface area contributed by atoms with E-state index < -0.39 is 0 Å². The van der Waals surface area contributed by atoms with Crippen molar-refractivity contribution in [3.8, 4) is 0 Å². The Balaban J connectivity index is 3.14. The van der Waals surface area contributed by atoms with Crippen molar-refractivity contribution < 1.29 is 1.41 Å². The molecule has 1 N–H and O–H groups in total. The van der Waals surface area contributed by atoms with Crippen molar-refractivity contribution in [2.45, 2.75) is 0 Å². The predicted octanol–water partition coefficient (Wildman–Crippen LogP) is 2.50. The van der Waals surface area contributed by atoms with Crippen molar-refractivity contribution in [2.75, 3.05) is 0 Å². The topological polar surface area (TPSA) is 12.0 Å². The second-order valence-corrected chi connectivity index (χ2v) is 10.4. The van der Waals surface area contributed by atoms with Crippen molar-refractivity contribution in [3.63, 3.8) is 0 Å². The van der Waals surface area contributed by atoms with Gasteiger partial charge < -0.3 is 0 Å². The minimum absolute atomic E-state index is 0.243. The van der Waals surface area contributed by atoms with Crippen LogP contribution in [-0.2, 0) is 0 Å². The third kappa shape index (κ3) is 4.57. The van der Waals surface area contributed by atoms with E-state index in [1.54, 1.807) is 0 Å². The van der Waals surface area contributed by atoms with E-state index in [2.05, 4.69) is 17.9 Å². The highest BCUT2D eigenvalue weighted by atomic mass is 127. The van der Waals surface area contributed by atoms with E-state index in [4.69, 9.17) is 1.41 Å². The maximum absolute atomic E-state index is 7.01. The van der Waals surface area contributed by atoms with Gasteiger partial charge in [0.25, 0.3) is 0 Å². The lowest BCUT2D eigenvalue weighted by molar-refractivity contribution is 1.88. The first kappa shape index (κ1) is 6.53. The lowest BCUT2D eigenvalue weighted by atomic mass is 13.9. The molecule has 38 valence electrons. The largest absolute Gasteiger partial charge is 0.231 e. The van der Waals surface area contributed by atoms with E-state index in [0.717, 1.165) is 7.96 Å². The fourth-order valence-corrected chi connectivity index (χ4v) is 3.95. The molecule has 0 aliphatic carbocycles. The van der Waals surface area contributed by atoms with Crippen molar-refractivity contribution in [3.05, 3.63) is 0 Å². The van der Waals surface area contributed by atoms with Crippen LogP contribution in [0.25, 0.3) is 0 Å². The van der Waals surface area contributed by atoms with Crippen LogP contribution in [0.3, 0.4) is 0 Å². The standard InChI is InChI=1S/H6INP4/c1-2-6(4)5-3/h2,5H,3-4H2/i/hT. The maximum Gasteiger partial charge on any atom is 0.140 e. The lowest BCUT2D eigenvalue weighted by Crippen LogP contribution is -1.69. The lowest BCUT2D eigenvalue weighted by Gasteiger charge is -2.00. The van der Waals surface area contributed by atoms with Gasteiger partial charge >= 0.3 is 0 Å². The third-order valence-electron chi connectivity index (χ3n) is 0.214. The Morgan fingerprint density at radius 3 is 2.67 bits per heavy atom. The molecular weight excluding hydrogens is 265 g/mol. The molecule has 0 saturated carbocycles. The molecule has 0 bridgehead atoms. The quantitative estimate of drug-likeness (QED) is 0.463. The molecule has 0 radical (unpaired) electrons. The molecule has 0 rings (SSSR count). The molecule has 0 aliphatic heterocycles. The number of halogens is 1. The zero-order valence-electron chi connectivity index (χ0n) is 3.93. The number of hydrogen-bond donors (Lipinski definition) is 1. The summed E-state index contributed by atoms with van der Waals surface area (Å²) >= 11 is 1.97. The van der Waals surface area contributed by atoms with Crippen molar-refractivity contribution in [1.29, 1.82) is 0 Å². The molecule has 0 heterocycles. The summed E-state index contributed by atoms with van der Waals surface area (Å²) < 4.78 is 8.47. The molecule has 6 heavy (non-hydrogen) atoms. The highest BCUT2D eigenvalue weighted by molar-refractivity contribution is 14.1. The Bertz CT molecular complexity index is 49.0. The highest BCUT2D eigenvalue weighted by Gasteiger charge is 1.87. The molecule has 4 atom stereocenters. The van der Waals surface area contributed by atoms with Crippen LogP contribution in [0, 0.1) is 0 Å². The van der Waals surface area contributed by atoms with Gasteiger partial charge in [-0.15, -0.1) is 8.93 Å². The molecule has 4 unspecified atom stereocenters. The van der Waals surface area contributed by atoms with E-state index in [0.29, 0.717) is 0 Å². The normalized spacial score (nSPS) is 19.7. The van der Waals surface area contributed by atoms with Gasteiger partial charge in [0.15, 0.2) is 0 Å². The van der Waals surface area contributed by atoms with Gasteiger partial charge in [-0.05, 0) is 0 Å². The van der Waals surface area contributed by atoms with Gasteiger partial charge in [-0.3, -0.25) is 0 Å². The Labute approximate surface area is 60.8 Å². The fourth-order valence-electron chi connectivity index (χ4n) is 0.0218. The smallest absolute Gasteiger partial charge is 0.140 e. The molecule has 0 spiro atoms. The molecular formula is H6INP4.